The summed E-state index contributed by atoms with van der Waals surface area (Å²) in [4.78, 5) is 14.3. The summed E-state index contributed by atoms with van der Waals surface area (Å²) < 4.78 is 16.4. The van der Waals surface area contributed by atoms with Gasteiger partial charge in [-0.15, -0.1) is 10.2 Å². The van der Waals surface area contributed by atoms with Crippen molar-refractivity contribution in [1.82, 2.24) is 25.0 Å². The molecule has 2 aliphatic heterocycles. The fourth-order valence-electron chi connectivity index (χ4n) is 6.43. The maximum atomic E-state index is 14.0. The molecule has 2 aliphatic rings. The summed E-state index contributed by atoms with van der Waals surface area (Å²) in [6.45, 7) is 13.1. The molecule has 3 heterocycles. The van der Waals surface area contributed by atoms with Gasteiger partial charge in [0.25, 0.3) is 0 Å². The average molecular weight is 486 g/mol. The Morgan fingerprint density at radius 1 is 1.17 bits per heavy atom. The number of halogens is 1. The highest BCUT2D eigenvalue weighted by Gasteiger charge is 2.48. The van der Waals surface area contributed by atoms with E-state index in [1.54, 1.807) is 6.07 Å². The number of nitrogens with one attached hydrogen (secondary N) is 1. The van der Waals surface area contributed by atoms with Gasteiger partial charge in [-0.1, -0.05) is 46.8 Å². The minimum Gasteiger partial charge on any atom is -0.465 e. The molecule has 1 aromatic carbocycles. The lowest BCUT2D eigenvalue weighted by Crippen LogP contribution is -2.55. The number of nitrogens with zero attached hydrogens (tertiary/aromatic N) is 4. The van der Waals surface area contributed by atoms with Crippen molar-refractivity contribution in [2.24, 2.45) is 5.41 Å². The predicted octanol–water partition coefficient (Wildman–Crippen LogP) is 5.83. The van der Waals surface area contributed by atoms with Crippen LogP contribution in [0.1, 0.15) is 102 Å². The average Bonchev–Trinajstić information content (AvgIpc) is 3.26. The number of benzene rings is 1. The molecule has 2 N–H and O–H groups in total. The van der Waals surface area contributed by atoms with Gasteiger partial charge in [-0.05, 0) is 62.1 Å². The highest BCUT2D eigenvalue weighted by atomic mass is 19.1. The van der Waals surface area contributed by atoms with Crippen molar-refractivity contribution in [3.63, 3.8) is 0 Å². The number of aryl methyl sites for hydroxylation is 1. The van der Waals surface area contributed by atoms with Crippen LogP contribution in [0, 0.1) is 18.2 Å². The summed E-state index contributed by atoms with van der Waals surface area (Å²) in [6.07, 6.45) is 3.88. The van der Waals surface area contributed by atoms with Gasteiger partial charge in [0.05, 0.1) is 6.04 Å². The van der Waals surface area contributed by atoms with Crippen LogP contribution in [0.3, 0.4) is 0 Å². The molecule has 4 rings (SSSR count). The van der Waals surface area contributed by atoms with Crippen molar-refractivity contribution in [1.29, 1.82) is 0 Å². The molecule has 35 heavy (non-hydrogen) atoms. The summed E-state index contributed by atoms with van der Waals surface area (Å²) in [5.41, 5.74) is 0.597. The molecule has 0 saturated carbocycles. The smallest absolute Gasteiger partial charge is 0.405 e. The van der Waals surface area contributed by atoms with Crippen LogP contribution in [0.4, 0.5) is 9.18 Å². The second-order valence-electron chi connectivity index (χ2n) is 11.8. The van der Waals surface area contributed by atoms with E-state index in [4.69, 9.17) is 0 Å². The Hall–Kier alpha value is -2.48. The van der Waals surface area contributed by atoms with E-state index in [2.05, 4.69) is 59.6 Å². The highest BCUT2D eigenvalue weighted by molar-refractivity contribution is 5.65. The third-order valence-corrected chi connectivity index (χ3v) is 7.91. The molecular formula is C27H40FN5O2. The fraction of sp³-hybridized carbons (Fsp3) is 0.667. The number of piperidine rings is 1. The Morgan fingerprint density at radius 2 is 1.83 bits per heavy atom. The van der Waals surface area contributed by atoms with Crippen molar-refractivity contribution in [2.75, 3.05) is 0 Å². The van der Waals surface area contributed by atoms with Gasteiger partial charge in [-0.2, -0.15) is 0 Å². The van der Waals surface area contributed by atoms with Crippen LogP contribution >= 0.6 is 0 Å². The van der Waals surface area contributed by atoms with Gasteiger partial charge in [-0.25, -0.2) is 9.18 Å². The van der Waals surface area contributed by atoms with Crippen molar-refractivity contribution in [3.8, 4) is 0 Å². The maximum absolute atomic E-state index is 14.0. The maximum Gasteiger partial charge on any atom is 0.405 e. The summed E-state index contributed by atoms with van der Waals surface area (Å²) in [5, 5.41) is 21.1. The summed E-state index contributed by atoms with van der Waals surface area (Å²) in [6, 6.07) is 7.20. The number of rotatable bonds is 7. The summed E-state index contributed by atoms with van der Waals surface area (Å²) in [7, 11) is 0. The van der Waals surface area contributed by atoms with Crippen LogP contribution in [0.2, 0.25) is 0 Å². The first-order chi connectivity index (χ1) is 16.5. The predicted molar refractivity (Wildman–Crippen MR) is 134 cm³/mol. The van der Waals surface area contributed by atoms with Gasteiger partial charge in [0.1, 0.15) is 17.5 Å². The van der Waals surface area contributed by atoms with E-state index in [-0.39, 0.29) is 17.3 Å². The van der Waals surface area contributed by atoms with Gasteiger partial charge < -0.3 is 15.0 Å². The Kier molecular flexibility index (Phi) is 7.23. The minimum atomic E-state index is -1.09. The molecule has 2 aromatic rings. The number of hydrogen-bond acceptors (Lipinski definition) is 4. The van der Waals surface area contributed by atoms with Crippen molar-refractivity contribution < 1.29 is 14.3 Å². The first-order valence-electron chi connectivity index (χ1n) is 12.9. The van der Waals surface area contributed by atoms with Crippen LogP contribution in [-0.4, -0.2) is 49.0 Å². The number of aromatic nitrogens is 3. The number of hydrogen-bond donors (Lipinski definition) is 2. The van der Waals surface area contributed by atoms with E-state index in [1.807, 2.05) is 13.0 Å². The quantitative estimate of drug-likeness (QED) is 0.515. The summed E-state index contributed by atoms with van der Waals surface area (Å²) in [5.74, 6) is 2.02. The largest absolute Gasteiger partial charge is 0.465 e. The third kappa shape index (κ3) is 5.37. The van der Waals surface area contributed by atoms with Crippen molar-refractivity contribution in [3.05, 3.63) is 47.3 Å². The standard InChI is InChI=1S/C27H40FN5O2/c1-16(2)25-31-30-17(3)32(25)22-13-20-10-11-21(14-22)33(20)24(27(4,5)6)15-23(29-26(34)35)18-8-7-9-19(28)12-18/h7-9,12,16,20-24,29H,10-11,13-15H2,1-6H3,(H,34,35)/t20?,21?,22?,23-,24?/m0/s1. The molecule has 0 spiro atoms. The molecular weight excluding hydrogens is 445 g/mol. The lowest BCUT2D eigenvalue weighted by atomic mass is 9.78. The molecule has 3 unspecified atom stereocenters. The van der Waals surface area contributed by atoms with Crippen LogP contribution in [0.25, 0.3) is 0 Å². The van der Waals surface area contributed by atoms with E-state index >= 15 is 0 Å². The van der Waals surface area contributed by atoms with Gasteiger partial charge in [0.2, 0.25) is 0 Å². The Balaban J connectivity index is 1.61. The topological polar surface area (TPSA) is 83.3 Å². The number of fused-ring (bicyclic) bond motifs is 2. The zero-order chi connectivity index (χ0) is 25.5. The zero-order valence-electron chi connectivity index (χ0n) is 21.8. The second-order valence-corrected chi connectivity index (χ2v) is 11.8. The van der Waals surface area contributed by atoms with Crippen molar-refractivity contribution in [2.45, 2.75) is 110 Å². The molecule has 2 saturated heterocycles. The SMILES string of the molecule is Cc1nnc(C(C)C)n1C1CC2CCC(C1)N2C(C[C@H](NC(=O)O)c1cccc(F)c1)C(C)(C)C. The van der Waals surface area contributed by atoms with E-state index in [9.17, 15) is 14.3 Å². The lowest BCUT2D eigenvalue weighted by Gasteiger charge is -2.49. The Bertz CT molecular complexity index is 1030. The molecule has 8 heteroatoms. The van der Waals surface area contributed by atoms with Gasteiger partial charge in [-0.3, -0.25) is 4.90 Å². The molecule has 1 aromatic heterocycles. The first kappa shape index (κ1) is 25.6. The van der Waals surface area contributed by atoms with E-state index in [1.165, 1.54) is 12.1 Å². The number of amides is 1. The minimum absolute atomic E-state index is 0.0744. The van der Waals surface area contributed by atoms with Crippen molar-refractivity contribution >= 4 is 6.09 Å². The normalized spacial score (nSPS) is 24.5. The molecule has 0 radical (unpaired) electrons. The molecule has 192 valence electrons. The van der Waals surface area contributed by atoms with Gasteiger partial charge >= 0.3 is 6.09 Å². The lowest BCUT2D eigenvalue weighted by molar-refractivity contribution is 0.00158. The van der Waals surface area contributed by atoms with E-state index in [0.717, 1.165) is 37.3 Å². The Labute approximate surface area is 208 Å². The molecule has 2 bridgehead atoms. The molecule has 0 aliphatic carbocycles. The fourth-order valence-corrected chi connectivity index (χ4v) is 6.43. The summed E-state index contributed by atoms with van der Waals surface area (Å²) >= 11 is 0. The molecule has 7 nitrogen and oxygen atoms in total. The van der Waals surface area contributed by atoms with E-state index < -0.39 is 12.1 Å². The van der Waals surface area contributed by atoms with Crippen LogP contribution in [-0.2, 0) is 0 Å². The molecule has 1 amide bonds. The Morgan fingerprint density at radius 3 is 2.37 bits per heavy atom. The van der Waals surface area contributed by atoms with Crippen LogP contribution in [0.15, 0.2) is 24.3 Å². The third-order valence-electron chi connectivity index (χ3n) is 7.91. The van der Waals surface area contributed by atoms with Crippen LogP contribution < -0.4 is 5.32 Å². The first-order valence-corrected chi connectivity index (χ1v) is 12.9. The van der Waals surface area contributed by atoms with Gasteiger partial charge in [0, 0.05) is 30.1 Å². The molecule has 4 atom stereocenters. The number of carboxylic acid groups (broad SMARTS) is 1. The molecule has 2 fully saturated rings. The van der Waals surface area contributed by atoms with Crippen LogP contribution in [0.5, 0.6) is 0 Å². The second kappa shape index (κ2) is 9.88. The monoisotopic (exact) mass is 485 g/mol. The van der Waals surface area contributed by atoms with E-state index in [0.29, 0.717) is 36.0 Å². The zero-order valence-corrected chi connectivity index (χ0v) is 21.8. The highest BCUT2D eigenvalue weighted by Crippen LogP contribution is 2.47. The number of carbonyl (C=O) groups is 1. The van der Waals surface area contributed by atoms with Gasteiger partial charge in [0.15, 0.2) is 0 Å².